The van der Waals surface area contributed by atoms with Gasteiger partial charge in [0.2, 0.25) is 0 Å². The van der Waals surface area contributed by atoms with Crippen molar-refractivity contribution in [2.45, 2.75) is 25.9 Å². The van der Waals surface area contributed by atoms with Crippen LogP contribution in [-0.4, -0.2) is 67.7 Å². The van der Waals surface area contributed by atoms with E-state index in [1.54, 1.807) is 13.3 Å². The number of pyridine rings is 1. The van der Waals surface area contributed by atoms with Gasteiger partial charge < -0.3 is 19.9 Å². The van der Waals surface area contributed by atoms with Crippen LogP contribution >= 0.6 is 11.6 Å². The fourth-order valence-corrected chi connectivity index (χ4v) is 4.42. The Morgan fingerprint density at radius 3 is 2.80 bits per heavy atom. The predicted molar refractivity (Wildman–Crippen MR) is 124 cm³/mol. The van der Waals surface area contributed by atoms with Crippen LogP contribution in [-0.2, 0) is 4.74 Å². The standard InChI is InChI=1S/C21H26ClN7O/c1-12(2)16-17-14(10-26-21(18(17)22)29-6-4-24-5-7-29)28-19(16)13-8-15(30-3)20(25-9-13)27-11-23/h8-12,15,23-24,28H,4-7H2,1-3H3. The minimum absolute atomic E-state index is 0.233. The number of aromatic amines is 1. The normalized spacial score (nSPS) is 21.0. The topological polar surface area (TPSA) is 102 Å². The van der Waals surface area contributed by atoms with Crippen molar-refractivity contribution < 1.29 is 4.74 Å². The summed E-state index contributed by atoms with van der Waals surface area (Å²) in [6.45, 7) is 7.93. The highest BCUT2D eigenvalue weighted by molar-refractivity contribution is 6.38. The van der Waals surface area contributed by atoms with Gasteiger partial charge in [-0.15, -0.1) is 0 Å². The Morgan fingerprint density at radius 2 is 2.13 bits per heavy atom. The number of hydrogen-bond donors (Lipinski definition) is 3. The number of allylic oxidation sites excluding steroid dienone is 1. The minimum Gasteiger partial charge on any atom is -0.369 e. The molecule has 2 aromatic heterocycles. The lowest BCUT2D eigenvalue weighted by Gasteiger charge is -2.29. The number of hydrogen-bond acceptors (Lipinski definition) is 5. The second-order valence-electron chi connectivity index (χ2n) is 7.64. The molecule has 0 bridgehead atoms. The Labute approximate surface area is 180 Å². The molecule has 0 amide bonds. The molecule has 0 aliphatic carbocycles. The van der Waals surface area contributed by atoms with Crippen molar-refractivity contribution in [2.75, 3.05) is 38.2 Å². The molecule has 2 aliphatic heterocycles. The van der Waals surface area contributed by atoms with Crippen molar-refractivity contribution in [1.29, 1.82) is 5.41 Å². The van der Waals surface area contributed by atoms with Gasteiger partial charge in [-0.3, -0.25) is 5.41 Å². The number of fused-ring (bicyclic) bond motifs is 1. The van der Waals surface area contributed by atoms with Crippen LogP contribution in [0.25, 0.3) is 16.5 Å². The number of aliphatic imine (C=N–C) groups is 2. The number of methoxy groups -OCH3 is 1. The zero-order chi connectivity index (χ0) is 21.3. The number of rotatable bonds is 5. The summed E-state index contributed by atoms with van der Waals surface area (Å²) >= 11 is 6.93. The first-order chi connectivity index (χ1) is 14.5. The number of dihydropyridines is 1. The second-order valence-corrected chi connectivity index (χ2v) is 8.02. The number of H-pyrrole nitrogens is 1. The number of halogens is 1. The van der Waals surface area contributed by atoms with Gasteiger partial charge in [0.15, 0.2) is 5.84 Å². The van der Waals surface area contributed by atoms with E-state index in [2.05, 4.69) is 44.0 Å². The van der Waals surface area contributed by atoms with Crippen molar-refractivity contribution in [2.24, 2.45) is 9.98 Å². The SMILES string of the molecule is COC1C=C(c2[nH]c3cnc(N4CCNCC4)c(Cl)c3c2C(C)C)C=NC1=NC=N. The summed E-state index contributed by atoms with van der Waals surface area (Å²) in [6, 6.07) is 0. The van der Waals surface area contributed by atoms with Crippen molar-refractivity contribution >= 4 is 52.3 Å². The summed E-state index contributed by atoms with van der Waals surface area (Å²) in [5.74, 6) is 1.52. The first kappa shape index (κ1) is 20.7. The van der Waals surface area contributed by atoms with Crippen molar-refractivity contribution in [1.82, 2.24) is 15.3 Å². The van der Waals surface area contributed by atoms with E-state index in [9.17, 15) is 0 Å². The molecule has 0 aromatic carbocycles. The number of nitrogens with zero attached hydrogens (tertiary/aromatic N) is 4. The summed E-state index contributed by atoms with van der Waals surface area (Å²) in [5, 5.41) is 12.3. The first-order valence-corrected chi connectivity index (χ1v) is 10.4. The van der Waals surface area contributed by atoms with Crippen LogP contribution in [0.2, 0.25) is 5.02 Å². The van der Waals surface area contributed by atoms with Crippen LogP contribution in [0.4, 0.5) is 5.82 Å². The minimum atomic E-state index is -0.414. The lowest BCUT2D eigenvalue weighted by molar-refractivity contribution is 0.190. The molecule has 3 N–H and O–H groups in total. The van der Waals surface area contributed by atoms with Gasteiger partial charge in [0.25, 0.3) is 0 Å². The quantitative estimate of drug-likeness (QED) is 0.503. The van der Waals surface area contributed by atoms with Gasteiger partial charge in [-0.25, -0.2) is 15.0 Å². The molecule has 8 nitrogen and oxygen atoms in total. The number of anilines is 1. The molecular formula is C21H26ClN7O. The van der Waals surface area contributed by atoms with Gasteiger partial charge >= 0.3 is 0 Å². The molecule has 0 saturated carbocycles. The molecule has 1 fully saturated rings. The lowest BCUT2D eigenvalue weighted by Crippen LogP contribution is -2.44. The van der Waals surface area contributed by atoms with Gasteiger partial charge in [-0.05, 0) is 17.6 Å². The molecular weight excluding hydrogens is 402 g/mol. The number of amidine groups is 1. The number of aromatic nitrogens is 2. The average Bonchev–Trinajstić information content (AvgIpc) is 3.16. The van der Waals surface area contributed by atoms with Gasteiger partial charge in [-0.1, -0.05) is 25.4 Å². The Balaban J connectivity index is 1.84. The lowest BCUT2D eigenvalue weighted by atomic mass is 9.95. The van der Waals surface area contributed by atoms with Gasteiger partial charge in [0.1, 0.15) is 18.3 Å². The summed E-state index contributed by atoms with van der Waals surface area (Å²) in [7, 11) is 1.61. The molecule has 0 spiro atoms. The van der Waals surface area contributed by atoms with E-state index in [1.807, 2.05) is 12.3 Å². The molecule has 1 unspecified atom stereocenters. The third-order valence-electron chi connectivity index (χ3n) is 5.45. The smallest absolute Gasteiger partial charge is 0.162 e. The average molecular weight is 428 g/mol. The maximum Gasteiger partial charge on any atom is 0.162 e. The zero-order valence-corrected chi connectivity index (χ0v) is 18.1. The fraction of sp³-hybridized carbons (Fsp3) is 0.429. The Bertz CT molecular complexity index is 1050. The monoisotopic (exact) mass is 427 g/mol. The summed E-state index contributed by atoms with van der Waals surface area (Å²) < 4.78 is 5.52. The van der Waals surface area contributed by atoms with E-state index in [0.717, 1.165) is 66.1 Å². The highest BCUT2D eigenvalue weighted by Crippen LogP contribution is 2.40. The molecule has 30 heavy (non-hydrogen) atoms. The largest absolute Gasteiger partial charge is 0.369 e. The number of piperazine rings is 1. The van der Waals surface area contributed by atoms with Crippen LogP contribution < -0.4 is 10.2 Å². The first-order valence-electron chi connectivity index (χ1n) is 10.1. The maximum absolute atomic E-state index is 7.21. The van der Waals surface area contributed by atoms with Gasteiger partial charge in [0.05, 0.1) is 22.4 Å². The van der Waals surface area contributed by atoms with E-state index in [4.69, 9.17) is 21.7 Å². The second kappa shape index (κ2) is 8.67. The highest BCUT2D eigenvalue weighted by atomic mass is 35.5. The van der Waals surface area contributed by atoms with E-state index in [0.29, 0.717) is 10.9 Å². The number of nitrogens with one attached hydrogen (secondary N) is 3. The molecule has 4 heterocycles. The Kier molecular flexibility index (Phi) is 5.99. The molecule has 158 valence electrons. The van der Waals surface area contributed by atoms with Crippen LogP contribution in [0.15, 0.2) is 22.3 Å². The molecule has 1 atom stereocenters. The third-order valence-corrected chi connectivity index (χ3v) is 5.81. The van der Waals surface area contributed by atoms with Crippen LogP contribution in [0, 0.1) is 5.41 Å². The zero-order valence-electron chi connectivity index (χ0n) is 17.4. The van der Waals surface area contributed by atoms with Crippen molar-refractivity contribution in [3.05, 3.63) is 28.6 Å². The van der Waals surface area contributed by atoms with Crippen molar-refractivity contribution in [3.63, 3.8) is 0 Å². The van der Waals surface area contributed by atoms with E-state index < -0.39 is 6.10 Å². The summed E-state index contributed by atoms with van der Waals surface area (Å²) in [6.07, 6.45) is 6.15. The Hall–Kier alpha value is -2.55. The number of ether oxygens (including phenoxy) is 1. The van der Waals surface area contributed by atoms with E-state index in [1.165, 1.54) is 0 Å². The maximum atomic E-state index is 7.21. The van der Waals surface area contributed by atoms with Gasteiger partial charge in [-0.2, -0.15) is 0 Å². The Morgan fingerprint density at radius 1 is 1.37 bits per heavy atom. The van der Waals surface area contributed by atoms with E-state index >= 15 is 0 Å². The summed E-state index contributed by atoms with van der Waals surface area (Å²) in [4.78, 5) is 18.8. The molecule has 1 saturated heterocycles. The van der Waals surface area contributed by atoms with E-state index in [-0.39, 0.29) is 5.92 Å². The molecule has 9 heteroatoms. The fourth-order valence-electron chi connectivity index (χ4n) is 4.05. The molecule has 2 aromatic rings. The van der Waals surface area contributed by atoms with Gasteiger partial charge in [0, 0.05) is 50.5 Å². The van der Waals surface area contributed by atoms with Crippen LogP contribution in [0.5, 0.6) is 0 Å². The van der Waals surface area contributed by atoms with Crippen LogP contribution in [0.1, 0.15) is 31.0 Å². The highest BCUT2D eigenvalue weighted by Gasteiger charge is 2.26. The van der Waals surface area contributed by atoms with Crippen LogP contribution in [0.3, 0.4) is 0 Å². The molecule has 4 rings (SSSR count). The summed E-state index contributed by atoms with van der Waals surface area (Å²) in [5.41, 5.74) is 3.90. The third kappa shape index (κ3) is 3.66. The predicted octanol–water partition coefficient (Wildman–Crippen LogP) is 3.24. The molecule has 2 aliphatic rings. The van der Waals surface area contributed by atoms with Crippen molar-refractivity contribution in [3.8, 4) is 0 Å². The molecule has 0 radical (unpaired) electrons.